The summed E-state index contributed by atoms with van der Waals surface area (Å²) in [6, 6.07) is 24.3. The molecular formula is C42H46F2N8O4. The molecule has 4 aromatic rings. The Morgan fingerprint density at radius 3 is 1.54 bits per heavy atom. The lowest BCUT2D eigenvalue weighted by Gasteiger charge is -2.26. The second-order valence-electron chi connectivity index (χ2n) is 13.6. The van der Waals surface area contributed by atoms with Crippen molar-refractivity contribution in [2.75, 3.05) is 111 Å². The minimum atomic E-state index is -0.370. The topological polar surface area (TPSA) is 131 Å². The Hall–Kier alpha value is -5.80. The summed E-state index contributed by atoms with van der Waals surface area (Å²) in [5, 5.41) is 18.5. The molecule has 0 spiro atoms. The van der Waals surface area contributed by atoms with Gasteiger partial charge >= 0.3 is 0 Å². The first kappa shape index (κ1) is 38.5. The summed E-state index contributed by atoms with van der Waals surface area (Å²) < 4.78 is 37.5. The highest BCUT2D eigenvalue weighted by Crippen LogP contribution is 2.33. The Morgan fingerprint density at radius 1 is 0.554 bits per heavy atom. The van der Waals surface area contributed by atoms with Gasteiger partial charge in [-0.3, -0.25) is 19.4 Å². The Balaban J connectivity index is 0.000000172. The number of hydrogen-bond acceptors (Lipinski definition) is 10. The van der Waals surface area contributed by atoms with E-state index in [1.54, 1.807) is 24.5 Å². The molecule has 4 heterocycles. The zero-order valence-electron chi connectivity index (χ0n) is 31.0. The maximum absolute atomic E-state index is 13.5. The average molecular weight is 765 g/mol. The highest BCUT2D eigenvalue weighted by atomic mass is 19.1. The average Bonchev–Trinajstić information content (AvgIpc) is 3.70. The number of benzene rings is 4. The molecule has 0 aromatic heterocycles. The van der Waals surface area contributed by atoms with Crippen molar-refractivity contribution in [3.8, 4) is 0 Å². The summed E-state index contributed by atoms with van der Waals surface area (Å²) in [4.78, 5) is 29.0. The Labute approximate surface area is 324 Å². The molecule has 14 heteroatoms. The SMILES string of the molecule is O=C1Nc2cc(F)ccc2C1=CNc1ccc(NCCN2CCOCC2)cc1.O=C1Nc2ccc(F)cc2C1=CNc1ccc(NCCN2CCOCC2)cc1. The number of carbonyl (C=O) groups excluding carboxylic acids is 2. The molecule has 0 atom stereocenters. The van der Waals surface area contributed by atoms with Gasteiger partial charge in [0.15, 0.2) is 0 Å². The predicted octanol–water partition coefficient (Wildman–Crippen LogP) is 5.95. The van der Waals surface area contributed by atoms with E-state index < -0.39 is 0 Å². The van der Waals surface area contributed by atoms with E-state index in [9.17, 15) is 18.4 Å². The predicted molar refractivity (Wildman–Crippen MR) is 218 cm³/mol. The number of fused-ring (bicyclic) bond motifs is 2. The van der Waals surface area contributed by atoms with Gasteiger partial charge in [-0.2, -0.15) is 0 Å². The minimum absolute atomic E-state index is 0.241. The van der Waals surface area contributed by atoms with E-state index in [4.69, 9.17) is 9.47 Å². The van der Waals surface area contributed by atoms with Gasteiger partial charge in [0.2, 0.25) is 0 Å². The molecule has 6 N–H and O–H groups in total. The van der Waals surface area contributed by atoms with E-state index in [-0.39, 0.29) is 23.4 Å². The Bertz CT molecular complexity index is 2040. The van der Waals surface area contributed by atoms with Gasteiger partial charge in [-0.15, -0.1) is 0 Å². The van der Waals surface area contributed by atoms with Crippen LogP contribution in [-0.4, -0.2) is 100 Å². The van der Waals surface area contributed by atoms with Crippen molar-refractivity contribution in [1.82, 2.24) is 9.80 Å². The molecule has 12 nitrogen and oxygen atoms in total. The molecule has 4 aromatic carbocycles. The fourth-order valence-electron chi connectivity index (χ4n) is 6.66. The molecule has 0 bridgehead atoms. The largest absolute Gasteiger partial charge is 0.384 e. The molecule has 2 saturated heterocycles. The summed E-state index contributed by atoms with van der Waals surface area (Å²) in [5.74, 6) is -1.22. The first-order valence-corrected chi connectivity index (χ1v) is 18.8. The Kier molecular flexibility index (Phi) is 12.8. The number of carbonyl (C=O) groups is 2. The number of anilines is 6. The molecule has 0 radical (unpaired) electrons. The number of nitrogens with zero attached hydrogens (tertiary/aromatic N) is 2. The molecule has 4 aliphatic heterocycles. The van der Waals surface area contributed by atoms with E-state index >= 15 is 0 Å². The lowest BCUT2D eigenvalue weighted by Crippen LogP contribution is -2.38. The van der Waals surface area contributed by atoms with E-state index in [0.29, 0.717) is 33.6 Å². The van der Waals surface area contributed by atoms with Gasteiger partial charge in [-0.25, -0.2) is 8.78 Å². The van der Waals surface area contributed by atoms with Crippen LogP contribution in [0.2, 0.25) is 0 Å². The molecule has 0 aliphatic carbocycles. The van der Waals surface area contributed by atoms with Crippen LogP contribution in [0.25, 0.3) is 11.1 Å². The van der Waals surface area contributed by atoms with Gasteiger partial charge in [0.1, 0.15) is 11.6 Å². The molecule has 2 amide bonds. The summed E-state index contributed by atoms with van der Waals surface area (Å²) in [6.07, 6.45) is 3.27. The van der Waals surface area contributed by atoms with Crippen molar-refractivity contribution < 1.29 is 27.8 Å². The summed E-state index contributed by atoms with van der Waals surface area (Å²) >= 11 is 0. The Morgan fingerprint density at radius 2 is 1.00 bits per heavy atom. The van der Waals surface area contributed by atoms with Crippen LogP contribution < -0.4 is 31.9 Å². The fourth-order valence-corrected chi connectivity index (χ4v) is 6.66. The summed E-state index contributed by atoms with van der Waals surface area (Å²) in [7, 11) is 0. The molecule has 0 saturated carbocycles. The van der Waals surface area contributed by atoms with E-state index in [0.717, 1.165) is 102 Å². The van der Waals surface area contributed by atoms with Crippen molar-refractivity contribution in [3.05, 3.63) is 120 Å². The van der Waals surface area contributed by atoms with Crippen LogP contribution in [0.5, 0.6) is 0 Å². The third-order valence-electron chi connectivity index (χ3n) is 9.79. The van der Waals surface area contributed by atoms with Crippen LogP contribution in [0.4, 0.5) is 42.9 Å². The summed E-state index contributed by atoms with van der Waals surface area (Å²) in [6.45, 7) is 10.9. The number of nitrogens with one attached hydrogen (secondary N) is 6. The van der Waals surface area contributed by atoms with Crippen LogP contribution in [0, 0.1) is 11.6 Å². The van der Waals surface area contributed by atoms with Gasteiger partial charge in [0.25, 0.3) is 11.8 Å². The zero-order valence-corrected chi connectivity index (χ0v) is 31.0. The highest BCUT2D eigenvalue weighted by molar-refractivity contribution is 6.32. The van der Waals surface area contributed by atoms with Crippen molar-refractivity contribution in [2.24, 2.45) is 0 Å². The first-order chi connectivity index (χ1) is 27.4. The minimum Gasteiger partial charge on any atom is -0.384 e. The third-order valence-corrected chi connectivity index (χ3v) is 9.79. The van der Waals surface area contributed by atoms with Gasteiger partial charge in [0, 0.05) is 104 Å². The number of morpholine rings is 2. The maximum atomic E-state index is 13.5. The molecule has 8 rings (SSSR count). The van der Waals surface area contributed by atoms with Crippen molar-refractivity contribution in [1.29, 1.82) is 0 Å². The number of rotatable bonds is 12. The summed E-state index contributed by atoms with van der Waals surface area (Å²) in [5.41, 5.74) is 7.10. The smallest absolute Gasteiger partial charge is 0.257 e. The van der Waals surface area contributed by atoms with Gasteiger partial charge in [-0.05, 0) is 84.9 Å². The van der Waals surface area contributed by atoms with Crippen molar-refractivity contribution in [2.45, 2.75) is 0 Å². The fraction of sp³-hybridized carbons (Fsp3) is 0.286. The number of amides is 2. The molecule has 2 fully saturated rings. The number of ether oxygens (including phenoxy) is 2. The molecule has 56 heavy (non-hydrogen) atoms. The third kappa shape index (κ3) is 10.3. The van der Waals surface area contributed by atoms with Gasteiger partial charge in [-0.1, -0.05) is 0 Å². The van der Waals surface area contributed by atoms with Gasteiger partial charge in [0.05, 0.1) is 43.3 Å². The standard InChI is InChI=1S/2C21H23FN4O2/c22-15-1-6-20-18(13-15)19(21(27)25-20)14-24-17-4-2-16(3-5-17)23-7-8-26-9-11-28-12-10-26;22-15-1-6-18-19(21(27)25-20(18)13-15)14-24-17-4-2-16(3-5-17)23-7-8-26-9-11-28-12-10-26/h2*1-6,13-14,23-24H,7-12H2,(H,25,27). The number of hydrogen-bond donors (Lipinski definition) is 6. The van der Waals surface area contributed by atoms with Gasteiger partial charge < -0.3 is 41.4 Å². The van der Waals surface area contributed by atoms with Crippen LogP contribution in [0.15, 0.2) is 97.3 Å². The van der Waals surface area contributed by atoms with Crippen molar-refractivity contribution in [3.63, 3.8) is 0 Å². The quantitative estimate of drug-likeness (QED) is 0.0964. The molecular weight excluding hydrogens is 719 g/mol. The molecule has 292 valence electrons. The monoisotopic (exact) mass is 764 g/mol. The first-order valence-electron chi connectivity index (χ1n) is 18.8. The lowest BCUT2D eigenvalue weighted by molar-refractivity contribution is -0.111. The second kappa shape index (κ2) is 18.7. The van der Waals surface area contributed by atoms with Crippen LogP contribution >= 0.6 is 0 Å². The lowest BCUT2D eigenvalue weighted by atomic mass is 10.1. The van der Waals surface area contributed by atoms with E-state index in [2.05, 4.69) is 41.7 Å². The molecule has 4 aliphatic rings. The van der Waals surface area contributed by atoms with E-state index in [1.807, 2.05) is 48.5 Å². The van der Waals surface area contributed by atoms with Crippen LogP contribution in [0.1, 0.15) is 11.1 Å². The molecule has 0 unspecified atom stereocenters. The number of halogens is 2. The second-order valence-corrected chi connectivity index (χ2v) is 13.6. The van der Waals surface area contributed by atoms with E-state index in [1.165, 1.54) is 24.3 Å². The zero-order chi connectivity index (χ0) is 38.7. The van der Waals surface area contributed by atoms with Crippen molar-refractivity contribution >= 4 is 57.1 Å². The van der Waals surface area contributed by atoms with Crippen LogP contribution in [-0.2, 0) is 19.1 Å². The highest BCUT2D eigenvalue weighted by Gasteiger charge is 2.25. The normalized spacial score (nSPS) is 18.0. The van der Waals surface area contributed by atoms with Crippen LogP contribution in [0.3, 0.4) is 0 Å². The maximum Gasteiger partial charge on any atom is 0.257 e.